The molecule has 3 nitrogen and oxygen atoms in total. The molecule has 0 bridgehead atoms. The van der Waals surface area contributed by atoms with Gasteiger partial charge in [-0.15, -0.1) is 0 Å². The number of ketones is 1. The van der Waals surface area contributed by atoms with Gasteiger partial charge < -0.3 is 0 Å². The number of rotatable bonds is 2. The first-order valence-electron chi connectivity index (χ1n) is 3.27. The van der Waals surface area contributed by atoms with E-state index in [1.54, 1.807) is 0 Å². The van der Waals surface area contributed by atoms with Gasteiger partial charge in [0.1, 0.15) is 17.2 Å². The second kappa shape index (κ2) is 3.21. The summed E-state index contributed by atoms with van der Waals surface area (Å²) in [7, 11) is 0. The van der Waals surface area contributed by atoms with Gasteiger partial charge in [0, 0.05) is 19.1 Å². The third-order valence-corrected chi connectivity index (χ3v) is 1.29. The lowest BCUT2D eigenvalue weighted by Crippen LogP contribution is -2.00. The predicted molar refractivity (Wildman–Crippen MR) is 39.6 cm³/mol. The van der Waals surface area contributed by atoms with E-state index in [2.05, 4.69) is 4.98 Å². The Bertz CT molecular complexity index is 336. The first kappa shape index (κ1) is 8.52. The molecule has 0 atom stereocenters. The maximum atomic E-state index is 12.6. The average molecular weight is 167 g/mol. The Morgan fingerprint density at radius 3 is 2.75 bits per heavy atom. The smallest absolute Gasteiger partial charge is 0.178 e. The molecule has 4 heteroatoms. The van der Waals surface area contributed by atoms with E-state index in [9.17, 15) is 14.0 Å². The van der Waals surface area contributed by atoms with Crippen LogP contribution >= 0.6 is 0 Å². The molecule has 1 aromatic rings. The summed E-state index contributed by atoms with van der Waals surface area (Å²) in [4.78, 5) is 24.5. The standard InChI is InChI=1S/C8H6FNO2/c1-5(12)8-3-6(9)2-7(4-11)10-8/h2-4H,1H3. The molecule has 0 fully saturated rings. The number of hydrogen-bond acceptors (Lipinski definition) is 3. The molecule has 62 valence electrons. The van der Waals surface area contributed by atoms with Crippen LogP contribution in [-0.4, -0.2) is 17.1 Å². The third-order valence-electron chi connectivity index (χ3n) is 1.29. The van der Waals surface area contributed by atoms with Crippen LogP contribution in [0.2, 0.25) is 0 Å². The minimum Gasteiger partial charge on any atom is -0.296 e. The number of aldehydes is 1. The Kier molecular flexibility index (Phi) is 2.28. The zero-order valence-electron chi connectivity index (χ0n) is 6.37. The quantitative estimate of drug-likeness (QED) is 0.491. The number of hydrogen-bond donors (Lipinski definition) is 0. The summed E-state index contributed by atoms with van der Waals surface area (Å²) in [5.74, 6) is -0.991. The highest BCUT2D eigenvalue weighted by Crippen LogP contribution is 2.03. The van der Waals surface area contributed by atoms with Crippen molar-refractivity contribution >= 4 is 12.1 Å². The molecule has 0 aromatic carbocycles. The van der Waals surface area contributed by atoms with Gasteiger partial charge in [0.15, 0.2) is 12.1 Å². The fourth-order valence-electron chi connectivity index (χ4n) is 0.758. The number of nitrogens with zero attached hydrogens (tertiary/aromatic N) is 1. The molecule has 0 unspecified atom stereocenters. The second-order valence-electron chi connectivity index (χ2n) is 2.27. The second-order valence-corrected chi connectivity index (χ2v) is 2.27. The Labute approximate surface area is 68.2 Å². The van der Waals surface area contributed by atoms with Crippen LogP contribution in [0.25, 0.3) is 0 Å². The van der Waals surface area contributed by atoms with Gasteiger partial charge in [0.2, 0.25) is 0 Å². The molecule has 1 heterocycles. The number of Topliss-reactive ketones (excluding diaryl/α,β-unsaturated/α-hetero) is 1. The summed E-state index contributed by atoms with van der Waals surface area (Å²) in [6.07, 6.45) is 0.398. The first-order chi connectivity index (χ1) is 5.63. The van der Waals surface area contributed by atoms with Crippen molar-refractivity contribution in [2.75, 3.05) is 0 Å². The minimum atomic E-state index is -0.627. The first-order valence-corrected chi connectivity index (χ1v) is 3.27. The van der Waals surface area contributed by atoms with Crippen molar-refractivity contribution in [2.24, 2.45) is 0 Å². The van der Waals surface area contributed by atoms with Gasteiger partial charge in [-0.3, -0.25) is 9.59 Å². The van der Waals surface area contributed by atoms with Gasteiger partial charge in [-0.05, 0) is 0 Å². The summed E-state index contributed by atoms with van der Waals surface area (Å²) < 4.78 is 12.6. The van der Waals surface area contributed by atoms with E-state index >= 15 is 0 Å². The Morgan fingerprint density at radius 1 is 1.58 bits per heavy atom. The van der Waals surface area contributed by atoms with Gasteiger partial charge in [-0.25, -0.2) is 9.37 Å². The van der Waals surface area contributed by atoms with Gasteiger partial charge in [-0.2, -0.15) is 0 Å². The van der Waals surface area contributed by atoms with E-state index in [1.807, 2.05) is 0 Å². The lowest BCUT2D eigenvalue weighted by molar-refractivity contribution is 0.101. The van der Waals surface area contributed by atoms with Crippen LogP contribution in [0.5, 0.6) is 0 Å². The fraction of sp³-hybridized carbons (Fsp3) is 0.125. The molecule has 0 spiro atoms. The number of carbonyl (C=O) groups excluding carboxylic acids is 2. The highest BCUT2D eigenvalue weighted by molar-refractivity contribution is 5.92. The zero-order valence-corrected chi connectivity index (χ0v) is 6.37. The van der Waals surface area contributed by atoms with Crippen LogP contribution < -0.4 is 0 Å². The topological polar surface area (TPSA) is 47.0 Å². The normalized spacial score (nSPS) is 9.50. The van der Waals surface area contributed by atoms with Crippen LogP contribution in [0.15, 0.2) is 12.1 Å². The zero-order chi connectivity index (χ0) is 9.14. The van der Waals surface area contributed by atoms with Gasteiger partial charge >= 0.3 is 0 Å². The van der Waals surface area contributed by atoms with Crippen LogP contribution in [0, 0.1) is 5.82 Å². The average Bonchev–Trinajstić information content (AvgIpc) is 2.03. The Morgan fingerprint density at radius 2 is 2.25 bits per heavy atom. The third kappa shape index (κ3) is 1.72. The highest BCUT2D eigenvalue weighted by Gasteiger charge is 2.05. The Balaban J connectivity index is 3.23. The number of pyridine rings is 1. The summed E-state index contributed by atoms with van der Waals surface area (Å²) in [6, 6.07) is 1.97. The predicted octanol–water partition coefficient (Wildman–Crippen LogP) is 1.24. The molecule has 0 aliphatic heterocycles. The summed E-state index contributed by atoms with van der Waals surface area (Å²) in [5.41, 5.74) is -0.0997. The summed E-state index contributed by atoms with van der Waals surface area (Å²) in [6.45, 7) is 1.26. The lowest BCUT2D eigenvalue weighted by Gasteiger charge is -1.95. The van der Waals surface area contributed by atoms with Crippen molar-refractivity contribution in [2.45, 2.75) is 6.92 Å². The van der Waals surface area contributed by atoms with Crippen LogP contribution in [0.4, 0.5) is 4.39 Å². The molecule has 0 saturated heterocycles. The molecule has 0 aliphatic carbocycles. The Hall–Kier alpha value is -1.58. The molecule has 0 aliphatic rings. The van der Waals surface area contributed by atoms with Crippen molar-refractivity contribution in [3.8, 4) is 0 Å². The van der Waals surface area contributed by atoms with Gasteiger partial charge in [0.25, 0.3) is 0 Å². The van der Waals surface area contributed by atoms with Crippen molar-refractivity contribution in [1.29, 1.82) is 0 Å². The SMILES string of the molecule is CC(=O)c1cc(F)cc(C=O)n1. The highest BCUT2D eigenvalue weighted by atomic mass is 19.1. The molecule has 1 aromatic heterocycles. The van der Waals surface area contributed by atoms with E-state index in [4.69, 9.17) is 0 Å². The number of carbonyl (C=O) groups is 2. The lowest BCUT2D eigenvalue weighted by atomic mass is 10.2. The molecular weight excluding hydrogens is 161 g/mol. The van der Waals surface area contributed by atoms with Crippen LogP contribution in [-0.2, 0) is 0 Å². The van der Waals surface area contributed by atoms with Crippen molar-refractivity contribution < 1.29 is 14.0 Å². The minimum absolute atomic E-state index is 0.0305. The molecule has 12 heavy (non-hydrogen) atoms. The fourth-order valence-corrected chi connectivity index (χ4v) is 0.758. The van der Waals surface area contributed by atoms with E-state index in [0.29, 0.717) is 6.29 Å². The maximum Gasteiger partial charge on any atom is 0.178 e. The summed E-state index contributed by atoms with van der Waals surface area (Å²) >= 11 is 0. The van der Waals surface area contributed by atoms with E-state index < -0.39 is 5.82 Å². The van der Waals surface area contributed by atoms with Crippen molar-refractivity contribution in [3.63, 3.8) is 0 Å². The molecule has 0 amide bonds. The van der Waals surface area contributed by atoms with E-state index in [1.165, 1.54) is 6.92 Å². The molecule has 0 saturated carbocycles. The van der Waals surface area contributed by atoms with E-state index in [-0.39, 0.29) is 17.2 Å². The van der Waals surface area contributed by atoms with Crippen molar-refractivity contribution in [1.82, 2.24) is 4.98 Å². The maximum absolute atomic E-state index is 12.6. The van der Waals surface area contributed by atoms with Crippen LogP contribution in [0.3, 0.4) is 0 Å². The number of aromatic nitrogens is 1. The molecular formula is C8H6FNO2. The number of halogens is 1. The van der Waals surface area contributed by atoms with Crippen molar-refractivity contribution in [3.05, 3.63) is 29.3 Å². The van der Waals surface area contributed by atoms with E-state index in [0.717, 1.165) is 12.1 Å². The monoisotopic (exact) mass is 167 g/mol. The largest absolute Gasteiger partial charge is 0.296 e. The summed E-state index contributed by atoms with van der Waals surface area (Å²) in [5, 5.41) is 0. The molecule has 1 rings (SSSR count). The van der Waals surface area contributed by atoms with Gasteiger partial charge in [0.05, 0.1) is 0 Å². The van der Waals surface area contributed by atoms with Crippen LogP contribution in [0.1, 0.15) is 27.9 Å². The van der Waals surface area contributed by atoms with Gasteiger partial charge in [-0.1, -0.05) is 0 Å². The molecule has 0 N–H and O–H groups in total. The molecule has 0 radical (unpaired) electrons.